The van der Waals surface area contributed by atoms with Gasteiger partial charge in [0.1, 0.15) is 0 Å². The Balaban J connectivity index is 0.00000196. The maximum atomic E-state index is 12.2. The van der Waals surface area contributed by atoms with Crippen molar-refractivity contribution in [3.63, 3.8) is 0 Å². The van der Waals surface area contributed by atoms with Crippen LogP contribution in [-0.4, -0.2) is 31.5 Å². The summed E-state index contributed by atoms with van der Waals surface area (Å²) in [6.45, 7) is 3.86. The summed E-state index contributed by atoms with van der Waals surface area (Å²) in [5.41, 5.74) is -0.429. The first-order valence-electron chi connectivity index (χ1n) is 4.81. The van der Waals surface area contributed by atoms with Crippen LogP contribution in [0.25, 0.3) is 0 Å². The average Bonchev–Trinajstić information content (AvgIpc) is 2.28. The van der Waals surface area contributed by atoms with E-state index >= 15 is 0 Å². The van der Waals surface area contributed by atoms with Gasteiger partial charge in [-0.1, -0.05) is 13.8 Å². The van der Waals surface area contributed by atoms with E-state index in [0.717, 1.165) is 19.5 Å². The predicted octanol–water partition coefficient (Wildman–Crippen LogP) is -0.335. The zero-order chi connectivity index (χ0) is 11.0. The van der Waals surface area contributed by atoms with E-state index in [1.807, 2.05) is 4.90 Å². The molecule has 82 valence electrons. The van der Waals surface area contributed by atoms with E-state index in [2.05, 4.69) is 20.4 Å². The molecular weight excluding hydrogens is 229 g/mol. The minimum absolute atomic E-state index is 0. The van der Waals surface area contributed by atoms with Gasteiger partial charge in [-0.2, -0.15) is 0 Å². The van der Waals surface area contributed by atoms with Crippen LogP contribution < -0.4 is 51.4 Å². The van der Waals surface area contributed by atoms with Gasteiger partial charge in [0, 0.05) is 6.54 Å². The molecule has 0 amide bonds. The molecule has 1 saturated heterocycles. The number of rotatable bonds is 3. The summed E-state index contributed by atoms with van der Waals surface area (Å²) in [7, 11) is 0. The second-order valence-corrected chi connectivity index (χ2v) is 4.86. The summed E-state index contributed by atoms with van der Waals surface area (Å²) in [6.07, 6.45) is 0.963. The van der Waals surface area contributed by atoms with E-state index in [9.17, 15) is 12.9 Å². The first-order chi connectivity index (χ1) is 6.21. The zero-order valence-corrected chi connectivity index (χ0v) is 12.8. The van der Waals surface area contributed by atoms with Gasteiger partial charge in [-0.25, -0.2) is 0 Å². The number of halogens is 3. The van der Waals surface area contributed by atoms with Gasteiger partial charge < -0.3 is 17.8 Å². The van der Waals surface area contributed by atoms with Crippen LogP contribution in [0.1, 0.15) is 20.3 Å². The van der Waals surface area contributed by atoms with Crippen LogP contribution in [0.15, 0.2) is 12.1 Å². The summed E-state index contributed by atoms with van der Waals surface area (Å²) in [4.78, 5) is 1.83. The van der Waals surface area contributed by atoms with E-state index in [1.54, 1.807) is 0 Å². The molecule has 1 heterocycles. The Hall–Kier alpha value is 1.19. The minimum atomic E-state index is -4.86. The Morgan fingerprint density at radius 1 is 1.40 bits per heavy atom. The Bertz CT molecular complexity index is 240. The van der Waals surface area contributed by atoms with Crippen LogP contribution in [-0.2, 0) is 0 Å². The second kappa shape index (κ2) is 5.69. The molecule has 0 aromatic heterocycles. The van der Waals surface area contributed by atoms with Crippen molar-refractivity contribution in [2.24, 2.45) is 5.41 Å². The summed E-state index contributed by atoms with van der Waals surface area (Å²) < 4.78 is 36.7. The van der Waals surface area contributed by atoms with Crippen LogP contribution in [0.2, 0.25) is 0 Å². The molecule has 0 aromatic carbocycles. The van der Waals surface area contributed by atoms with Crippen molar-refractivity contribution in [2.75, 3.05) is 19.6 Å². The quantitative estimate of drug-likeness (QED) is 0.615. The van der Waals surface area contributed by atoms with Crippen LogP contribution in [0, 0.1) is 5.41 Å². The molecular formula is C9H16BF3KN. The van der Waals surface area contributed by atoms with Gasteiger partial charge in [0.15, 0.2) is 0 Å². The summed E-state index contributed by atoms with van der Waals surface area (Å²) in [5, 5.41) is 0. The molecule has 1 aliphatic heterocycles. The molecule has 0 unspecified atom stereocenters. The zero-order valence-electron chi connectivity index (χ0n) is 9.69. The molecule has 0 spiro atoms. The molecule has 15 heavy (non-hydrogen) atoms. The smallest absolute Gasteiger partial charge is 0.445 e. The van der Waals surface area contributed by atoms with E-state index in [4.69, 9.17) is 0 Å². The first-order valence-corrected chi connectivity index (χ1v) is 4.81. The van der Waals surface area contributed by atoms with E-state index in [-0.39, 0.29) is 63.3 Å². The third-order valence-corrected chi connectivity index (χ3v) is 2.65. The summed E-state index contributed by atoms with van der Waals surface area (Å²) in [6, 6.07) is 0. The predicted molar refractivity (Wildman–Crippen MR) is 53.1 cm³/mol. The minimum Gasteiger partial charge on any atom is -0.445 e. The maximum absolute atomic E-state index is 12.2. The van der Waals surface area contributed by atoms with E-state index in [1.165, 1.54) is 0 Å². The molecule has 1 nitrogen and oxygen atoms in total. The van der Waals surface area contributed by atoms with Gasteiger partial charge in [0.2, 0.25) is 0 Å². The fourth-order valence-electron chi connectivity index (χ4n) is 1.75. The average molecular weight is 245 g/mol. The number of hydrogen-bond acceptors (Lipinski definition) is 1. The Morgan fingerprint density at radius 2 is 1.93 bits per heavy atom. The monoisotopic (exact) mass is 245 g/mol. The van der Waals surface area contributed by atoms with Gasteiger partial charge in [0.25, 0.3) is 0 Å². The van der Waals surface area contributed by atoms with Gasteiger partial charge in [-0.3, -0.25) is 0 Å². The van der Waals surface area contributed by atoms with Crippen molar-refractivity contribution in [1.82, 2.24) is 4.90 Å². The molecule has 6 heteroatoms. The topological polar surface area (TPSA) is 3.24 Å². The van der Waals surface area contributed by atoms with Crippen molar-refractivity contribution in [1.29, 1.82) is 0 Å². The molecule has 1 rings (SSSR count). The molecule has 1 fully saturated rings. The van der Waals surface area contributed by atoms with Gasteiger partial charge in [-0.15, -0.1) is 12.1 Å². The Labute approximate surface area is 132 Å². The first kappa shape index (κ1) is 16.2. The van der Waals surface area contributed by atoms with Crippen LogP contribution in [0.4, 0.5) is 12.9 Å². The van der Waals surface area contributed by atoms with Crippen LogP contribution in [0.5, 0.6) is 0 Å². The fourth-order valence-corrected chi connectivity index (χ4v) is 1.75. The largest absolute Gasteiger partial charge is 1.00 e. The number of nitrogens with zero attached hydrogens (tertiary/aromatic N) is 1. The van der Waals surface area contributed by atoms with Crippen molar-refractivity contribution in [3.8, 4) is 0 Å². The molecule has 0 bridgehead atoms. The van der Waals surface area contributed by atoms with Crippen LogP contribution in [0.3, 0.4) is 0 Å². The molecule has 0 aliphatic carbocycles. The van der Waals surface area contributed by atoms with Crippen molar-refractivity contribution < 1.29 is 64.3 Å². The number of hydrogen-bond donors (Lipinski definition) is 0. The van der Waals surface area contributed by atoms with Crippen LogP contribution >= 0.6 is 0 Å². The molecule has 0 radical (unpaired) electrons. The third kappa shape index (κ3) is 5.37. The normalized spacial score (nSPS) is 21.1. The number of likely N-dealkylation sites (tertiary alicyclic amines) is 1. The second-order valence-electron chi connectivity index (χ2n) is 4.86. The summed E-state index contributed by atoms with van der Waals surface area (Å²) in [5.74, 6) is 0. The van der Waals surface area contributed by atoms with Gasteiger partial charge in [-0.05, 0) is 24.9 Å². The Morgan fingerprint density at radius 3 is 2.27 bits per heavy atom. The molecule has 0 saturated carbocycles. The van der Waals surface area contributed by atoms with E-state index in [0.29, 0.717) is 0 Å². The third-order valence-electron chi connectivity index (χ3n) is 2.65. The molecule has 0 N–H and O–H groups in total. The SMILES string of the molecule is C=C(CN1CCC(C)(C)C1)[B-](F)(F)F.[K+]. The van der Waals surface area contributed by atoms with E-state index < -0.39 is 12.4 Å². The van der Waals surface area contributed by atoms with Crippen molar-refractivity contribution in [3.05, 3.63) is 12.1 Å². The molecule has 0 aromatic rings. The molecule has 1 aliphatic rings. The van der Waals surface area contributed by atoms with Crippen molar-refractivity contribution in [2.45, 2.75) is 20.3 Å². The van der Waals surface area contributed by atoms with Crippen molar-refractivity contribution >= 4 is 6.98 Å². The fraction of sp³-hybridized carbons (Fsp3) is 0.778. The Kier molecular flexibility index (Phi) is 6.14. The summed E-state index contributed by atoms with van der Waals surface area (Å²) >= 11 is 0. The van der Waals surface area contributed by atoms with Gasteiger partial charge >= 0.3 is 58.4 Å². The maximum Gasteiger partial charge on any atom is 1.00 e. The standard InChI is InChI=1S/C9H16BF3N.K/c1-8(10(11,12)13)6-14-5-4-9(2,3)7-14;/h1,4-7H2,2-3H3;/q-1;+1. The van der Waals surface area contributed by atoms with Gasteiger partial charge in [0.05, 0.1) is 0 Å². The molecule has 0 atom stereocenters.